The van der Waals surface area contributed by atoms with Gasteiger partial charge in [-0.15, -0.1) is 24.0 Å². The van der Waals surface area contributed by atoms with E-state index in [1.165, 1.54) is 44.8 Å². The Morgan fingerprint density at radius 2 is 1.93 bits per heavy atom. The third kappa shape index (κ3) is 8.70. The van der Waals surface area contributed by atoms with Gasteiger partial charge >= 0.3 is 0 Å². The molecule has 1 aliphatic heterocycles. The summed E-state index contributed by atoms with van der Waals surface area (Å²) in [5.41, 5.74) is 1.26. The van der Waals surface area contributed by atoms with E-state index in [0.717, 1.165) is 36.5 Å². The van der Waals surface area contributed by atoms with Crippen LogP contribution < -0.4 is 5.32 Å². The number of hydrogen-bond donors (Lipinski definition) is 1. The molecule has 6 nitrogen and oxygen atoms in total. The number of rotatable bonds is 8. The highest BCUT2D eigenvalue weighted by molar-refractivity contribution is 14.0. The SMILES string of the molecule is CCNC(=NCCCCN1CCN(C)CC1)N(C)Cc1cc(Br)cn1C.I. The van der Waals surface area contributed by atoms with Gasteiger partial charge in [-0.2, -0.15) is 0 Å². The van der Waals surface area contributed by atoms with Gasteiger partial charge in [-0.25, -0.2) is 0 Å². The molecular formula is C19H36BrIN6. The molecule has 0 aromatic carbocycles. The summed E-state index contributed by atoms with van der Waals surface area (Å²) in [4.78, 5) is 12.0. The molecule has 8 heteroatoms. The molecule has 1 aromatic heterocycles. The van der Waals surface area contributed by atoms with Crippen LogP contribution in [0.5, 0.6) is 0 Å². The molecule has 0 spiro atoms. The Morgan fingerprint density at radius 3 is 2.52 bits per heavy atom. The first-order valence-electron chi connectivity index (χ1n) is 9.70. The number of likely N-dealkylation sites (N-methyl/N-ethyl adjacent to an activating group) is 1. The molecule has 1 N–H and O–H groups in total. The average Bonchev–Trinajstić information content (AvgIpc) is 2.92. The standard InChI is InChI=1S/C19H35BrN6.HI/c1-5-21-19(25(4)16-18-14-17(20)15-24(18)3)22-8-6-7-9-26-12-10-23(2)11-13-26;/h14-15H,5-13,16H2,1-4H3,(H,21,22);1H. The molecule has 2 heterocycles. The molecule has 0 radical (unpaired) electrons. The summed E-state index contributed by atoms with van der Waals surface area (Å²) in [5, 5.41) is 3.41. The minimum Gasteiger partial charge on any atom is -0.357 e. The fraction of sp³-hybridized carbons (Fsp3) is 0.737. The van der Waals surface area contributed by atoms with Crippen molar-refractivity contribution in [3.05, 3.63) is 22.4 Å². The quantitative estimate of drug-likeness (QED) is 0.232. The van der Waals surface area contributed by atoms with Crippen LogP contribution in [0.25, 0.3) is 0 Å². The van der Waals surface area contributed by atoms with Gasteiger partial charge in [-0.1, -0.05) is 0 Å². The number of aryl methyl sites for hydroxylation is 1. The average molecular weight is 555 g/mol. The maximum absolute atomic E-state index is 4.82. The Kier molecular flexibility index (Phi) is 11.9. The fourth-order valence-corrected chi connectivity index (χ4v) is 3.79. The molecule has 0 amide bonds. The number of aromatic nitrogens is 1. The first-order chi connectivity index (χ1) is 12.5. The Bertz CT molecular complexity index is 569. The van der Waals surface area contributed by atoms with E-state index in [1.807, 2.05) is 0 Å². The second kappa shape index (κ2) is 13.0. The Morgan fingerprint density at radius 1 is 1.22 bits per heavy atom. The Hall–Kier alpha value is -0.320. The van der Waals surface area contributed by atoms with Gasteiger partial charge < -0.3 is 24.6 Å². The molecule has 27 heavy (non-hydrogen) atoms. The van der Waals surface area contributed by atoms with Crippen molar-refractivity contribution in [2.24, 2.45) is 12.0 Å². The van der Waals surface area contributed by atoms with Crippen molar-refractivity contribution in [1.29, 1.82) is 0 Å². The Labute approximate surface area is 190 Å². The van der Waals surface area contributed by atoms with E-state index in [2.05, 4.69) is 80.8 Å². The van der Waals surface area contributed by atoms with Crippen LogP contribution in [-0.2, 0) is 13.6 Å². The zero-order valence-electron chi connectivity index (χ0n) is 17.2. The number of unbranched alkanes of at least 4 members (excludes halogenated alkanes) is 1. The minimum atomic E-state index is 0. The van der Waals surface area contributed by atoms with E-state index in [4.69, 9.17) is 4.99 Å². The maximum Gasteiger partial charge on any atom is 0.194 e. The number of piperazine rings is 1. The molecule has 0 atom stereocenters. The van der Waals surface area contributed by atoms with Crippen molar-refractivity contribution in [3.63, 3.8) is 0 Å². The third-order valence-corrected chi connectivity index (χ3v) is 5.34. The lowest BCUT2D eigenvalue weighted by atomic mass is 10.2. The molecule has 1 saturated heterocycles. The van der Waals surface area contributed by atoms with Crippen LogP contribution in [0.2, 0.25) is 0 Å². The van der Waals surface area contributed by atoms with E-state index < -0.39 is 0 Å². The summed E-state index contributed by atoms with van der Waals surface area (Å²) >= 11 is 3.54. The molecular weight excluding hydrogens is 519 g/mol. The zero-order valence-corrected chi connectivity index (χ0v) is 21.2. The molecule has 0 bridgehead atoms. The maximum atomic E-state index is 4.82. The van der Waals surface area contributed by atoms with E-state index in [9.17, 15) is 0 Å². The highest BCUT2D eigenvalue weighted by Gasteiger charge is 2.13. The second-order valence-corrected chi connectivity index (χ2v) is 8.12. The lowest BCUT2D eigenvalue weighted by Crippen LogP contribution is -2.44. The number of halogens is 2. The van der Waals surface area contributed by atoms with Crippen molar-refractivity contribution in [2.45, 2.75) is 26.3 Å². The molecule has 1 aliphatic rings. The second-order valence-electron chi connectivity index (χ2n) is 7.20. The number of hydrogen-bond acceptors (Lipinski definition) is 3. The van der Waals surface area contributed by atoms with E-state index >= 15 is 0 Å². The van der Waals surface area contributed by atoms with Crippen molar-refractivity contribution in [1.82, 2.24) is 24.6 Å². The lowest BCUT2D eigenvalue weighted by Gasteiger charge is -2.32. The molecule has 2 rings (SSSR count). The van der Waals surface area contributed by atoms with Gasteiger partial charge in [0, 0.05) is 69.7 Å². The van der Waals surface area contributed by atoms with Crippen LogP contribution in [-0.4, -0.2) is 85.1 Å². The monoisotopic (exact) mass is 554 g/mol. The zero-order chi connectivity index (χ0) is 18.9. The third-order valence-electron chi connectivity index (χ3n) is 4.91. The summed E-state index contributed by atoms with van der Waals surface area (Å²) in [6.45, 7) is 10.7. The van der Waals surface area contributed by atoms with Crippen molar-refractivity contribution >= 4 is 45.9 Å². The first kappa shape index (κ1) is 24.7. The predicted molar refractivity (Wildman–Crippen MR) is 129 cm³/mol. The molecule has 156 valence electrons. The van der Waals surface area contributed by atoms with Crippen LogP contribution in [0.4, 0.5) is 0 Å². The predicted octanol–water partition coefficient (Wildman–Crippen LogP) is 2.83. The van der Waals surface area contributed by atoms with Gasteiger partial charge in [0.25, 0.3) is 0 Å². The molecule has 1 fully saturated rings. The lowest BCUT2D eigenvalue weighted by molar-refractivity contribution is 0.152. The van der Waals surface area contributed by atoms with Gasteiger partial charge in [-0.05, 0) is 55.4 Å². The van der Waals surface area contributed by atoms with Crippen molar-refractivity contribution < 1.29 is 0 Å². The summed E-state index contributed by atoms with van der Waals surface area (Å²) in [5.74, 6) is 0.990. The fourth-order valence-electron chi connectivity index (χ4n) is 3.21. The van der Waals surface area contributed by atoms with Gasteiger partial charge in [0.05, 0.1) is 6.54 Å². The minimum absolute atomic E-state index is 0. The van der Waals surface area contributed by atoms with Crippen LogP contribution in [0, 0.1) is 0 Å². The topological polar surface area (TPSA) is 39.0 Å². The number of nitrogens with zero attached hydrogens (tertiary/aromatic N) is 5. The number of aliphatic imine (C=N–C) groups is 1. The molecule has 0 aliphatic carbocycles. The van der Waals surface area contributed by atoms with Crippen molar-refractivity contribution in [3.8, 4) is 0 Å². The normalized spacial score (nSPS) is 16.3. The highest BCUT2D eigenvalue weighted by atomic mass is 127. The summed E-state index contributed by atoms with van der Waals surface area (Å²) in [6, 6.07) is 2.16. The van der Waals surface area contributed by atoms with Crippen LogP contribution in [0.1, 0.15) is 25.5 Å². The number of nitrogens with one attached hydrogen (secondary N) is 1. The van der Waals surface area contributed by atoms with E-state index in [0.29, 0.717) is 0 Å². The summed E-state index contributed by atoms with van der Waals surface area (Å²) in [6.07, 6.45) is 4.46. The van der Waals surface area contributed by atoms with E-state index in [-0.39, 0.29) is 24.0 Å². The van der Waals surface area contributed by atoms with Gasteiger partial charge in [0.2, 0.25) is 0 Å². The number of guanidine groups is 1. The summed E-state index contributed by atoms with van der Waals surface area (Å²) < 4.78 is 3.27. The first-order valence-corrected chi connectivity index (χ1v) is 10.5. The largest absolute Gasteiger partial charge is 0.357 e. The van der Waals surface area contributed by atoms with Crippen molar-refractivity contribution in [2.75, 3.05) is 59.9 Å². The van der Waals surface area contributed by atoms with E-state index in [1.54, 1.807) is 0 Å². The molecule has 0 saturated carbocycles. The van der Waals surface area contributed by atoms with Crippen LogP contribution in [0.15, 0.2) is 21.7 Å². The summed E-state index contributed by atoms with van der Waals surface area (Å²) in [7, 11) is 6.39. The highest BCUT2D eigenvalue weighted by Crippen LogP contribution is 2.15. The van der Waals surface area contributed by atoms with Crippen LogP contribution >= 0.6 is 39.9 Å². The molecule has 1 aromatic rings. The smallest absolute Gasteiger partial charge is 0.194 e. The van der Waals surface area contributed by atoms with Gasteiger partial charge in [0.15, 0.2) is 5.96 Å². The Balaban J connectivity index is 0.00000364. The van der Waals surface area contributed by atoms with Gasteiger partial charge in [-0.3, -0.25) is 4.99 Å². The van der Waals surface area contributed by atoms with Gasteiger partial charge in [0.1, 0.15) is 0 Å². The van der Waals surface area contributed by atoms with Crippen LogP contribution in [0.3, 0.4) is 0 Å². The molecule has 0 unspecified atom stereocenters.